The summed E-state index contributed by atoms with van der Waals surface area (Å²) in [5, 5.41) is 5.87. The second kappa shape index (κ2) is 6.40. The molecule has 1 aromatic rings. The first-order chi connectivity index (χ1) is 8.49. The quantitative estimate of drug-likeness (QED) is 0.808. The monoisotopic (exact) mass is 250 g/mol. The molecule has 0 spiro atoms. The highest BCUT2D eigenvalue weighted by Gasteiger charge is 2.24. The number of benzene rings is 1. The number of hydrogen-bond acceptors (Lipinski definition) is 3. The van der Waals surface area contributed by atoms with Crippen molar-refractivity contribution in [1.29, 1.82) is 0 Å². The predicted octanol–water partition coefficient (Wildman–Crippen LogP) is 1.70. The topological polar surface area (TPSA) is 50.4 Å². The van der Waals surface area contributed by atoms with E-state index in [0.29, 0.717) is 13.2 Å². The van der Waals surface area contributed by atoms with Gasteiger partial charge in [-0.25, -0.2) is 0 Å². The Bertz CT molecular complexity index is 385. The highest BCUT2D eigenvalue weighted by atomic mass is 16.5. The van der Waals surface area contributed by atoms with Gasteiger partial charge in [0, 0.05) is 6.54 Å². The van der Waals surface area contributed by atoms with E-state index in [1.54, 1.807) is 7.05 Å². The molecule has 0 bridgehead atoms. The van der Waals surface area contributed by atoms with Crippen molar-refractivity contribution < 1.29 is 9.53 Å². The van der Waals surface area contributed by atoms with Crippen LogP contribution in [0.25, 0.3) is 0 Å². The molecule has 0 unspecified atom stereocenters. The Kier molecular flexibility index (Phi) is 5.16. The summed E-state index contributed by atoms with van der Waals surface area (Å²) >= 11 is 0. The van der Waals surface area contributed by atoms with Gasteiger partial charge >= 0.3 is 0 Å². The second-order valence-electron chi connectivity index (χ2n) is 4.63. The smallest absolute Gasteiger partial charge is 0.239 e. The van der Waals surface area contributed by atoms with Crippen molar-refractivity contribution in [3.63, 3.8) is 0 Å². The van der Waals surface area contributed by atoms with E-state index in [-0.39, 0.29) is 5.91 Å². The average Bonchev–Trinajstić information content (AvgIpc) is 2.38. The van der Waals surface area contributed by atoms with Crippen molar-refractivity contribution in [2.75, 3.05) is 13.7 Å². The Balaban J connectivity index is 2.51. The number of carbonyl (C=O) groups excluding carboxylic acids is 1. The average molecular weight is 250 g/mol. The molecule has 18 heavy (non-hydrogen) atoms. The fourth-order valence-electron chi connectivity index (χ4n) is 1.39. The molecule has 4 nitrogen and oxygen atoms in total. The molecule has 0 aliphatic heterocycles. The van der Waals surface area contributed by atoms with Crippen molar-refractivity contribution in [2.45, 2.75) is 32.9 Å². The summed E-state index contributed by atoms with van der Waals surface area (Å²) in [5.41, 5.74) is 0.504. The fourth-order valence-corrected chi connectivity index (χ4v) is 1.39. The lowest BCUT2D eigenvalue weighted by Gasteiger charge is -2.22. The number of nitrogens with one attached hydrogen (secondary N) is 2. The van der Waals surface area contributed by atoms with Crippen molar-refractivity contribution >= 4 is 5.91 Å². The zero-order valence-corrected chi connectivity index (χ0v) is 11.5. The molecule has 0 radical (unpaired) electrons. The lowest BCUT2D eigenvalue weighted by Crippen LogP contribution is -2.50. The van der Waals surface area contributed by atoms with E-state index in [1.165, 1.54) is 0 Å². The van der Waals surface area contributed by atoms with Crippen LogP contribution in [0, 0.1) is 0 Å². The molecule has 4 heteroatoms. The Hall–Kier alpha value is -1.55. The number of hydrogen-bond donors (Lipinski definition) is 2. The van der Waals surface area contributed by atoms with Crippen LogP contribution in [0.15, 0.2) is 24.3 Å². The van der Waals surface area contributed by atoms with Gasteiger partial charge in [-0.2, -0.15) is 0 Å². The SMILES string of the molecule is CCOc1ccc(CNC(=O)C(C)(C)NC)cc1. The maximum atomic E-state index is 11.8. The summed E-state index contributed by atoms with van der Waals surface area (Å²) in [5.74, 6) is 0.835. The summed E-state index contributed by atoms with van der Waals surface area (Å²) in [4.78, 5) is 11.8. The summed E-state index contributed by atoms with van der Waals surface area (Å²) in [6, 6.07) is 7.73. The third kappa shape index (κ3) is 4.04. The summed E-state index contributed by atoms with van der Waals surface area (Å²) in [6.45, 7) is 6.83. The number of carbonyl (C=O) groups is 1. The third-order valence-electron chi connectivity index (χ3n) is 2.88. The maximum Gasteiger partial charge on any atom is 0.239 e. The lowest BCUT2D eigenvalue weighted by molar-refractivity contribution is -0.126. The first-order valence-corrected chi connectivity index (χ1v) is 6.18. The predicted molar refractivity (Wildman–Crippen MR) is 72.6 cm³/mol. The number of rotatable bonds is 6. The van der Waals surface area contributed by atoms with Gasteiger partial charge in [-0.05, 0) is 45.5 Å². The molecule has 0 saturated heterocycles. The van der Waals surface area contributed by atoms with E-state index < -0.39 is 5.54 Å². The van der Waals surface area contributed by atoms with Gasteiger partial charge in [0.1, 0.15) is 5.75 Å². The Morgan fingerprint density at radius 3 is 2.39 bits per heavy atom. The molecule has 2 N–H and O–H groups in total. The molecular formula is C14H22N2O2. The molecule has 1 amide bonds. The molecule has 0 fully saturated rings. The van der Waals surface area contributed by atoms with Crippen LogP contribution in [0.2, 0.25) is 0 Å². The van der Waals surface area contributed by atoms with Gasteiger partial charge in [-0.1, -0.05) is 12.1 Å². The molecule has 0 aromatic heterocycles. The van der Waals surface area contributed by atoms with Crippen LogP contribution in [0.3, 0.4) is 0 Å². The van der Waals surface area contributed by atoms with E-state index in [9.17, 15) is 4.79 Å². The first-order valence-electron chi connectivity index (χ1n) is 6.18. The largest absolute Gasteiger partial charge is 0.494 e. The van der Waals surface area contributed by atoms with E-state index in [0.717, 1.165) is 11.3 Å². The number of amides is 1. The molecular weight excluding hydrogens is 228 g/mol. The van der Waals surface area contributed by atoms with Crippen LogP contribution in [0.4, 0.5) is 0 Å². The van der Waals surface area contributed by atoms with E-state index >= 15 is 0 Å². The van der Waals surface area contributed by atoms with Gasteiger partial charge in [0.25, 0.3) is 0 Å². The van der Waals surface area contributed by atoms with Gasteiger partial charge in [-0.15, -0.1) is 0 Å². The van der Waals surface area contributed by atoms with E-state index in [1.807, 2.05) is 45.0 Å². The minimum Gasteiger partial charge on any atom is -0.494 e. The lowest BCUT2D eigenvalue weighted by atomic mass is 10.1. The molecule has 0 saturated carbocycles. The molecule has 0 atom stereocenters. The van der Waals surface area contributed by atoms with E-state index in [2.05, 4.69) is 10.6 Å². The summed E-state index contributed by atoms with van der Waals surface area (Å²) < 4.78 is 5.36. The molecule has 0 heterocycles. The van der Waals surface area contributed by atoms with Crippen molar-refractivity contribution in [3.05, 3.63) is 29.8 Å². The van der Waals surface area contributed by atoms with Crippen LogP contribution in [-0.4, -0.2) is 25.1 Å². The van der Waals surface area contributed by atoms with Gasteiger partial charge < -0.3 is 15.4 Å². The number of likely N-dealkylation sites (N-methyl/N-ethyl adjacent to an activating group) is 1. The second-order valence-corrected chi connectivity index (χ2v) is 4.63. The van der Waals surface area contributed by atoms with Crippen LogP contribution in [0.1, 0.15) is 26.3 Å². The third-order valence-corrected chi connectivity index (χ3v) is 2.88. The zero-order chi connectivity index (χ0) is 13.6. The molecule has 0 aliphatic carbocycles. The summed E-state index contributed by atoms with van der Waals surface area (Å²) in [6.07, 6.45) is 0. The van der Waals surface area contributed by atoms with E-state index in [4.69, 9.17) is 4.74 Å². The zero-order valence-electron chi connectivity index (χ0n) is 11.5. The van der Waals surface area contributed by atoms with Crippen molar-refractivity contribution in [3.8, 4) is 5.75 Å². The Morgan fingerprint density at radius 2 is 1.89 bits per heavy atom. The maximum absolute atomic E-state index is 11.8. The van der Waals surface area contributed by atoms with Gasteiger partial charge in [0.05, 0.1) is 12.1 Å². The highest BCUT2D eigenvalue weighted by molar-refractivity contribution is 5.85. The molecule has 0 aliphatic rings. The highest BCUT2D eigenvalue weighted by Crippen LogP contribution is 2.12. The van der Waals surface area contributed by atoms with Gasteiger partial charge in [0.15, 0.2) is 0 Å². The molecule has 1 aromatic carbocycles. The van der Waals surface area contributed by atoms with Crippen molar-refractivity contribution in [2.24, 2.45) is 0 Å². The normalized spacial score (nSPS) is 11.1. The van der Waals surface area contributed by atoms with Crippen LogP contribution < -0.4 is 15.4 Å². The van der Waals surface area contributed by atoms with Gasteiger partial charge in [0.2, 0.25) is 5.91 Å². The first kappa shape index (κ1) is 14.5. The van der Waals surface area contributed by atoms with Crippen molar-refractivity contribution in [1.82, 2.24) is 10.6 Å². The van der Waals surface area contributed by atoms with Crippen LogP contribution >= 0.6 is 0 Å². The van der Waals surface area contributed by atoms with Crippen LogP contribution in [0.5, 0.6) is 5.75 Å². The fraction of sp³-hybridized carbons (Fsp3) is 0.500. The standard InChI is InChI=1S/C14H22N2O2/c1-5-18-12-8-6-11(7-9-12)10-16-13(17)14(2,3)15-4/h6-9,15H,5,10H2,1-4H3,(H,16,17). The van der Waals surface area contributed by atoms with Gasteiger partial charge in [-0.3, -0.25) is 4.79 Å². The molecule has 100 valence electrons. The minimum atomic E-state index is -0.550. The Morgan fingerprint density at radius 1 is 1.28 bits per heavy atom. The summed E-state index contributed by atoms with van der Waals surface area (Å²) in [7, 11) is 1.77. The minimum absolute atomic E-state index is 0.0149. The molecule has 1 rings (SSSR count). The number of ether oxygens (including phenoxy) is 1. The Labute approximate surface area is 109 Å². The van der Waals surface area contributed by atoms with Crippen LogP contribution in [-0.2, 0) is 11.3 Å².